The van der Waals surface area contributed by atoms with Crippen molar-refractivity contribution in [3.63, 3.8) is 0 Å². The number of hydrogen-bond donors (Lipinski definition) is 2. The van der Waals surface area contributed by atoms with Crippen molar-refractivity contribution < 1.29 is 5.11 Å². The molecular weight excluding hydrogens is 151 g/mol. The van der Waals surface area contributed by atoms with E-state index in [2.05, 4.69) is 4.90 Å². The van der Waals surface area contributed by atoms with Crippen LogP contribution >= 0.6 is 0 Å². The average molecular weight is 170 g/mol. The van der Waals surface area contributed by atoms with Gasteiger partial charge in [0.25, 0.3) is 0 Å². The van der Waals surface area contributed by atoms with E-state index in [0.29, 0.717) is 12.5 Å². The molecule has 0 aliphatic carbocycles. The van der Waals surface area contributed by atoms with Crippen LogP contribution in [0.2, 0.25) is 0 Å². The summed E-state index contributed by atoms with van der Waals surface area (Å²) in [7, 11) is 0. The first-order valence-electron chi connectivity index (χ1n) is 4.39. The summed E-state index contributed by atoms with van der Waals surface area (Å²) in [6.07, 6.45) is 2.27. The summed E-state index contributed by atoms with van der Waals surface area (Å²) in [4.78, 5) is 2.31. The molecule has 3 aliphatic rings. The van der Waals surface area contributed by atoms with Crippen LogP contribution in [-0.4, -0.2) is 50.2 Å². The summed E-state index contributed by atoms with van der Waals surface area (Å²) >= 11 is 0. The smallest absolute Gasteiger partial charge is 0.0924 e. The van der Waals surface area contributed by atoms with Gasteiger partial charge in [-0.15, -0.1) is 0 Å². The van der Waals surface area contributed by atoms with Crippen molar-refractivity contribution >= 4 is 8.41 Å². The van der Waals surface area contributed by atoms with Crippen LogP contribution < -0.4 is 5.73 Å². The molecule has 3 fully saturated rings. The lowest BCUT2D eigenvalue weighted by molar-refractivity contribution is -0.104. The van der Waals surface area contributed by atoms with Crippen molar-refractivity contribution in [3.05, 3.63) is 0 Å². The normalized spacial score (nSPS) is 45.5. The minimum atomic E-state index is -0.559. The Hall–Kier alpha value is -0.0551. The zero-order valence-corrected chi connectivity index (χ0v) is 6.79. The summed E-state index contributed by atoms with van der Waals surface area (Å²) in [5, 5.41) is 10.0. The Kier molecular flexibility index (Phi) is 2.81. The van der Waals surface area contributed by atoms with Gasteiger partial charge in [0, 0.05) is 13.1 Å². The van der Waals surface area contributed by atoms with Gasteiger partial charge in [-0.05, 0) is 31.8 Å². The highest BCUT2D eigenvalue weighted by Gasteiger charge is 2.44. The summed E-state index contributed by atoms with van der Waals surface area (Å²) in [5.41, 5.74) is 4.99. The molecule has 0 aromatic heterocycles. The molecule has 1 atom stereocenters. The highest BCUT2D eigenvalue weighted by molar-refractivity contribution is 5.75. The molecule has 0 amide bonds. The molecule has 0 saturated carbocycles. The third kappa shape index (κ3) is 1.39. The lowest BCUT2D eigenvalue weighted by atomic mass is 9.75. The minimum Gasteiger partial charge on any atom is -0.387 e. The molecule has 3 heterocycles. The van der Waals surface area contributed by atoms with Gasteiger partial charge < -0.3 is 15.7 Å². The van der Waals surface area contributed by atoms with Crippen LogP contribution in [0.1, 0.15) is 12.8 Å². The molecule has 0 aromatic carbocycles. The van der Waals surface area contributed by atoms with Crippen molar-refractivity contribution in [1.82, 2.24) is 4.90 Å². The number of nitrogens with zero attached hydrogens (tertiary/aromatic N) is 1. The highest BCUT2D eigenvalue weighted by atomic mass is 16.3. The van der Waals surface area contributed by atoms with Crippen molar-refractivity contribution in [2.24, 2.45) is 11.7 Å². The van der Waals surface area contributed by atoms with Crippen LogP contribution in [0.4, 0.5) is 0 Å². The van der Waals surface area contributed by atoms with Crippen LogP contribution in [0.15, 0.2) is 0 Å². The summed E-state index contributed by atoms with van der Waals surface area (Å²) < 4.78 is 0. The summed E-state index contributed by atoms with van der Waals surface area (Å²) in [6.45, 7) is 3.54. The Morgan fingerprint density at radius 3 is 2.25 bits per heavy atom. The minimum absolute atomic E-state index is 0. The van der Waals surface area contributed by atoms with Gasteiger partial charge in [0.2, 0.25) is 0 Å². The molecule has 3 nitrogen and oxygen atoms in total. The average Bonchev–Trinajstić information content (AvgIpc) is 2.06. The van der Waals surface area contributed by atoms with E-state index in [9.17, 15) is 5.11 Å². The third-order valence-corrected chi connectivity index (χ3v) is 3.20. The fraction of sp³-hybridized carbons (Fsp3) is 1.00. The second-order valence-corrected chi connectivity index (χ2v) is 3.86. The standard InChI is InChI=1S/C8H16N2O.BH3/c9-5-8(11)6-10-3-1-7(8)2-4-10;/h7,11H,1-6,9H2;1H3. The van der Waals surface area contributed by atoms with Crippen LogP contribution in [0.25, 0.3) is 0 Å². The van der Waals surface area contributed by atoms with E-state index >= 15 is 0 Å². The fourth-order valence-electron chi connectivity index (χ4n) is 2.38. The Bertz CT molecular complexity index is 159. The van der Waals surface area contributed by atoms with Gasteiger partial charge in [-0.3, -0.25) is 0 Å². The van der Waals surface area contributed by atoms with E-state index in [0.717, 1.165) is 32.5 Å². The van der Waals surface area contributed by atoms with Gasteiger partial charge in [0.1, 0.15) is 0 Å². The lowest BCUT2D eigenvalue weighted by Crippen LogP contribution is -2.62. The van der Waals surface area contributed by atoms with Gasteiger partial charge in [-0.1, -0.05) is 0 Å². The quantitative estimate of drug-likeness (QED) is 0.457. The van der Waals surface area contributed by atoms with Crippen molar-refractivity contribution in [3.8, 4) is 0 Å². The molecule has 3 aliphatic heterocycles. The number of aliphatic hydroxyl groups is 1. The maximum Gasteiger partial charge on any atom is 0.0924 e. The molecule has 3 N–H and O–H groups in total. The number of nitrogens with two attached hydrogens (primary N) is 1. The Labute approximate surface area is 75.5 Å². The zero-order valence-electron chi connectivity index (χ0n) is 6.79. The zero-order chi connectivity index (χ0) is 7.90. The van der Waals surface area contributed by atoms with E-state index in [4.69, 9.17) is 5.73 Å². The molecule has 0 radical (unpaired) electrons. The molecule has 0 spiro atoms. The summed E-state index contributed by atoms with van der Waals surface area (Å²) in [6, 6.07) is 0. The number of fused-ring (bicyclic) bond motifs is 3. The van der Waals surface area contributed by atoms with Crippen LogP contribution in [0.5, 0.6) is 0 Å². The first-order chi connectivity index (χ1) is 5.24. The second-order valence-electron chi connectivity index (χ2n) is 3.86. The highest BCUT2D eigenvalue weighted by Crippen LogP contribution is 2.34. The molecule has 2 bridgehead atoms. The van der Waals surface area contributed by atoms with Crippen LogP contribution in [0, 0.1) is 5.92 Å². The summed E-state index contributed by atoms with van der Waals surface area (Å²) in [5.74, 6) is 0.470. The molecule has 1 unspecified atom stereocenters. The van der Waals surface area contributed by atoms with Crippen molar-refractivity contribution in [2.75, 3.05) is 26.2 Å². The fourth-order valence-corrected chi connectivity index (χ4v) is 2.38. The first kappa shape index (κ1) is 10.0. The maximum absolute atomic E-state index is 10.0. The van der Waals surface area contributed by atoms with Gasteiger partial charge >= 0.3 is 0 Å². The molecule has 70 valence electrons. The molecular formula is C8H19BN2O. The van der Waals surface area contributed by atoms with E-state index in [-0.39, 0.29) is 8.41 Å². The van der Waals surface area contributed by atoms with Gasteiger partial charge in [0.05, 0.1) is 14.0 Å². The van der Waals surface area contributed by atoms with E-state index in [1.165, 1.54) is 0 Å². The van der Waals surface area contributed by atoms with Gasteiger partial charge in [0.15, 0.2) is 0 Å². The predicted molar refractivity (Wildman–Crippen MR) is 53.1 cm³/mol. The van der Waals surface area contributed by atoms with E-state index in [1.807, 2.05) is 0 Å². The number of rotatable bonds is 1. The topological polar surface area (TPSA) is 49.5 Å². The largest absolute Gasteiger partial charge is 0.387 e. The Morgan fingerprint density at radius 1 is 1.42 bits per heavy atom. The molecule has 4 heteroatoms. The predicted octanol–water partition coefficient (Wildman–Crippen LogP) is -1.78. The first-order valence-corrected chi connectivity index (χ1v) is 4.39. The van der Waals surface area contributed by atoms with Gasteiger partial charge in [-0.2, -0.15) is 0 Å². The monoisotopic (exact) mass is 170 g/mol. The van der Waals surface area contributed by atoms with Crippen LogP contribution in [-0.2, 0) is 0 Å². The second kappa shape index (κ2) is 3.36. The van der Waals surface area contributed by atoms with E-state index < -0.39 is 5.60 Å². The van der Waals surface area contributed by atoms with E-state index in [1.54, 1.807) is 0 Å². The SMILES string of the molecule is B.NCC1(O)CN2CCC1CC2. The Balaban J connectivity index is 0.000000720. The molecule has 0 aromatic rings. The third-order valence-electron chi connectivity index (χ3n) is 3.20. The number of piperidine rings is 3. The number of hydrogen-bond acceptors (Lipinski definition) is 3. The molecule has 3 saturated heterocycles. The van der Waals surface area contributed by atoms with Crippen molar-refractivity contribution in [1.29, 1.82) is 0 Å². The molecule has 3 rings (SSSR count). The van der Waals surface area contributed by atoms with Crippen LogP contribution in [0.3, 0.4) is 0 Å². The Morgan fingerprint density at radius 2 is 2.00 bits per heavy atom. The van der Waals surface area contributed by atoms with Gasteiger partial charge in [-0.25, -0.2) is 0 Å². The van der Waals surface area contributed by atoms with Crippen molar-refractivity contribution in [2.45, 2.75) is 18.4 Å². The molecule has 12 heavy (non-hydrogen) atoms. The maximum atomic E-state index is 10.0. The lowest BCUT2D eigenvalue weighted by Gasteiger charge is -2.49.